The summed E-state index contributed by atoms with van der Waals surface area (Å²) < 4.78 is 10.7. The Hall–Kier alpha value is -4.65. The van der Waals surface area contributed by atoms with Crippen molar-refractivity contribution in [2.45, 2.75) is 72.2 Å². The van der Waals surface area contributed by atoms with E-state index >= 15 is 0 Å². The molecule has 50 heavy (non-hydrogen) atoms. The van der Waals surface area contributed by atoms with Crippen molar-refractivity contribution in [3.63, 3.8) is 0 Å². The van der Waals surface area contributed by atoms with Crippen LogP contribution in [0.5, 0.6) is 5.75 Å². The van der Waals surface area contributed by atoms with Crippen LogP contribution in [0.4, 0.5) is 4.79 Å². The summed E-state index contributed by atoms with van der Waals surface area (Å²) in [6.45, 7) is 10.5. The van der Waals surface area contributed by atoms with Crippen LogP contribution in [0.25, 0.3) is 11.3 Å². The van der Waals surface area contributed by atoms with Gasteiger partial charge in [-0.05, 0) is 88.1 Å². The number of alkyl carbamates (subject to hydrolysis) is 1. The third-order valence-corrected chi connectivity index (χ3v) is 8.03. The Labute approximate surface area is 314 Å². The van der Waals surface area contributed by atoms with Gasteiger partial charge in [0.1, 0.15) is 23.2 Å². The Morgan fingerprint density at radius 3 is 2.22 bits per heavy atom. The van der Waals surface area contributed by atoms with Gasteiger partial charge in [-0.3, -0.25) is 9.59 Å². The second kappa shape index (κ2) is 16.8. The molecule has 0 radical (unpaired) electrons. The summed E-state index contributed by atoms with van der Waals surface area (Å²) in [4.78, 5) is 61.3. The third kappa shape index (κ3) is 9.96. The van der Waals surface area contributed by atoms with E-state index < -0.39 is 41.6 Å². The van der Waals surface area contributed by atoms with E-state index in [0.29, 0.717) is 33.8 Å². The number of imidazole rings is 1. The first-order valence-corrected chi connectivity index (χ1v) is 15.8. The van der Waals surface area contributed by atoms with E-state index in [0.717, 1.165) is 11.1 Å². The number of hydrogen-bond donors (Lipinski definition) is 3. The summed E-state index contributed by atoms with van der Waals surface area (Å²) in [7, 11) is 1.35. The van der Waals surface area contributed by atoms with Gasteiger partial charge in [0.25, 0.3) is 0 Å². The molecule has 4 rings (SSSR count). The topological polar surface area (TPSA) is 180 Å². The number of benzene rings is 3. The number of hydrogen-bond acceptors (Lipinski definition) is 8. The molecule has 13 heteroatoms. The maximum absolute atomic E-state index is 14.8. The summed E-state index contributed by atoms with van der Waals surface area (Å²) in [6, 6.07) is 15.5. The summed E-state index contributed by atoms with van der Waals surface area (Å²) in [5, 5.41) is 14.7. The molecule has 4 N–H and O–H groups in total. The molecular formula is C37H42N5NaO7. The van der Waals surface area contributed by atoms with Crippen LogP contribution in [0.1, 0.15) is 82.5 Å². The van der Waals surface area contributed by atoms with E-state index in [1.54, 1.807) is 65.9 Å². The summed E-state index contributed by atoms with van der Waals surface area (Å²) in [5.41, 5.74) is 9.03. The van der Waals surface area contributed by atoms with Gasteiger partial charge in [-0.2, -0.15) is 0 Å². The molecule has 0 spiro atoms. The smallest absolute Gasteiger partial charge is 0.545 e. The first kappa shape index (κ1) is 39.8. The summed E-state index contributed by atoms with van der Waals surface area (Å²) in [6.07, 6.45) is 1.00. The number of rotatable bonds is 12. The van der Waals surface area contributed by atoms with Gasteiger partial charge >= 0.3 is 35.7 Å². The molecule has 3 aromatic carbocycles. The number of carboxylic acid groups (broad SMARTS) is 1. The second-order valence-electron chi connectivity index (χ2n) is 12.9. The van der Waals surface area contributed by atoms with Gasteiger partial charge in [0.05, 0.1) is 24.8 Å². The van der Waals surface area contributed by atoms with Crippen molar-refractivity contribution in [1.82, 2.24) is 20.2 Å². The molecule has 0 aliphatic carbocycles. The van der Waals surface area contributed by atoms with Gasteiger partial charge in [-0.1, -0.05) is 36.4 Å². The average Bonchev–Trinajstić information content (AvgIpc) is 3.54. The minimum atomic E-state index is -1.43. The molecule has 3 amide bonds. The van der Waals surface area contributed by atoms with Crippen LogP contribution in [0.3, 0.4) is 0 Å². The van der Waals surface area contributed by atoms with Crippen LogP contribution < -0.4 is 50.5 Å². The van der Waals surface area contributed by atoms with Crippen molar-refractivity contribution >= 4 is 23.9 Å². The van der Waals surface area contributed by atoms with Crippen molar-refractivity contribution in [2.24, 2.45) is 5.73 Å². The van der Waals surface area contributed by atoms with Crippen molar-refractivity contribution in [3.05, 3.63) is 106 Å². The molecule has 0 saturated carbocycles. The number of aromatic amines is 1. The number of nitrogens with one attached hydrogen (secondary N) is 2. The van der Waals surface area contributed by atoms with Gasteiger partial charge in [0.15, 0.2) is 0 Å². The number of nitrogens with zero attached hydrogens (tertiary/aromatic N) is 2. The SMILES string of the molecule is COc1ccc(CN(C(=O)[C@H](Cc2c(C)cc(C(N)=O)cc2C)NC(=O)OC(C)(C)C)[C@@H](C)c2nc(-c3ccccc3)c[nH]2)cc1C(=O)[O-].[Na+]. The standard InChI is InChI=1S/C37H43N5O7.Na/c1-21-15-26(32(38)43)16-22(2)27(21)18-29(41-36(47)49-37(4,5)6)34(44)42(20-24-13-14-31(48-7)28(17-24)35(45)46)23(3)33-39-19-30(40-33)25-11-9-8-10-12-25;/h8-17,19,23,29H,18,20H2,1-7H3,(H2,38,43)(H,39,40)(H,41,47)(H,45,46);/q;+1/p-1/t23-,29-;/m0./s1. The van der Waals surface area contributed by atoms with Crippen LogP contribution in [0, 0.1) is 13.8 Å². The molecule has 0 bridgehead atoms. The number of carboxylic acids is 1. The van der Waals surface area contributed by atoms with E-state index in [9.17, 15) is 24.3 Å². The second-order valence-corrected chi connectivity index (χ2v) is 12.9. The van der Waals surface area contributed by atoms with E-state index in [-0.39, 0.29) is 53.8 Å². The Kier molecular flexibility index (Phi) is 13.4. The number of amides is 3. The maximum atomic E-state index is 14.8. The Morgan fingerprint density at radius 1 is 1.02 bits per heavy atom. The average molecular weight is 692 g/mol. The largest absolute Gasteiger partial charge is 1.00 e. The van der Waals surface area contributed by atoms with E-state index in [4.69, 9.17) is 20.2 Å². The van der Waals surface area contributed by atoms with Gasteiger partial charge in [-0.15, -0.1) is 0 Å². The number of H-pyrrole nitrogens is 1. The zero-order chi connectivity index (χ0) is 36.0. The number of aromatic nitrogens is 2. The predicted molar refractivity (Wildman–Crippen MR) is 182 cm³/mol. The molecule has 258 valence electrons. The molecule has 1 aromatic heterocycles. The zero-order valence-electron chi connectivity index (χ0n) is 29.7. The molecule has 0 fully saturated rings. The number of primary amides is 1. The van der Waals surface area contributed by atoms with Gasteiger partial charge in [-0.25, -0.2) is 9.78 Å². The van der Waals surface area contributed by atoms with Crippen LogP contribution in [-0.2, 0) is 22.5 Å². The summed E-state index contributed by atoms with van der Waals surface area (Å²) >= 11 is 0. The number of aromatic carboxylic acids is 1. The van der Waals surface area contributed by atoms with Crippen LogP contribution in [0.2, 0.25) is 0 Å². The zero-order valence-corrected chi connectivity index (χ0v) is 31.7. The van der Waals surface area contributed by atoms with Crippen molar-refractivity contribution < 1.29 is 63.3 Å². The molecule has 2 atom stereocenters. The molecule has 0 aliphatic heterocycles. The minimum Gasteiger partial charge on any atom is -0.545 e. The normalized spacial score (nSPS) is 12.2. The Morgan fingerprint density at radius 2 is 1.66 bits per heavy atom. The fraction of sp³-hybridized carbons (Fsp3) is 0.324. The number of ether oxygens (including phenoxy) is 2. The molecule has 1 heterocycles. The number of carbonyl (C=O) groups is 4. The monoisotopic (exact) mass is 691 g/mol. The summed E-state index contributed by atoms with van der Waals surface area (Å²) in [5.74, 6) is -1.92. The first-order valence-electron chi connectivity index (χ1n) is 15.8. The third-order valence-electron chi connectivity index (χ3n) is 8.03. The molecule has 0 saturated heterocycles. The van der Waals surface area contributed by atoms with Gasteiger partial charge in [0.2, 0.25) is 11.8 Å². The molecule has 0 aliphatic rings. The van der Waals surface area contributed by atoms with Gasteiger partial charge in [0, 0.05) is 35.9 Å². The molecule has 0 unspecified atom stereocenters. The minimum absolute atomic E-state index is 0. The fourth-order valence-electron chi connectivity index (χ4n) is 5.58. The molecular weight excluding hydrogens is 649 g/mol. The van der Waals surface area contributed by atoms with Crippen LogP contribution in [-0.4, -0.2) is 57.5 Å². The Balaban J connectivity index is 0.00000676. The van der Waals surface area contributed by atoms with Crippen molar-refractivity contribution in [1.29, 1.82) is 0 Å². The maximum Gasteiger partial charge on any atom is 1.00 e. The number of carbonyl (C=O) groups excluding carboxylic acids is 4. The van der Waals surface area contributed by atoms with Crippen molar-refractivity contribution in [2.75, 3.05) is 7.11 Å². The first-order chi connectivity index (χ1) is 23.1. The quantitative estimate of drug-likeness (QED) is 0.187. The Bertz CT molecular complexity index is 1830. The molecule has 4 aromatic rings. The fourth-order valence-corrected chi connectivity index (χ4v) is 5.58. The predicted octanol–water partition coefficient (Wildman–Crippen LogP) is 1.39. The molecule has 12 nitrogen and oxygen atoms in total. The van der Waals surface area contributed by atoms with E-state index in [2.05, 4.69) is 10.3 Å². The number of aryl methyl sites for hydroxylation is 2. The van der Waals surface area contributed by atoms with Gasteiger partial charge < -0.3 is 40.3 Å². The van der Waals surface area contributed by atoms with Crippen LogP contribution in [0.15, 0.2) is 66.9 Å². The van der Waals surface area contributed by atoms with E-state index in [1.807, 2.05) is 30.3 Å². The van der Waals surface area contributed by atoms with Crippen LogP contribution >= 0.6 is 0 Å². The number of methoxy groups -OCH3 is 1. The van der Waals surface area contributed by atoms with Crippen molar-refractivity contribution in [3.8, 4) is 17.0 Å². The number of nitrogens with two attached hydrogens (primary N) is 1. The van der Waals surface area contributed by atoms with E-state index in [1.165, 1.54) is 24.1 Å².